The first-order valence-corrected chi connectivity index (χ1v) is 5.47. The summed E-state index contributed by atoms with van der Waals surface area (Å²) in [6, 6.07) is 4.77. The predicted molar refractivity (Wildman–Crippen MR) is 68.7 cm³/mol. The van der Waals surface area contributed by atoms with Gasteiger partial charge in [-0.25, -0.2) is 4.79 Å². The SMILES string of the molecule is CN(C)CCCOC(=O)c1ccc(N)cc1N. The van der Waals surface area contributed by atoms with Crippen molar-refractivity contribution in [2.24, 2.45) is 0 Å². The number of nitrogens with two attached hydrogens (primary N) is 2. The van der Waals surface area contributed by atoms with Gasteiger partial charge in [-0.15, -0.1) is 0 Å². The van der Waals surface area contributed by atoms with Crippen molar-refractivity contribution >= 4 is 17.3 Å². The van der Waals surface area contributed by atoms with Crippen LogP contribution in [0.2, 0.25) is 0 Å². The second-order valence-electron chi connectivity index (χ2n) is 4.14. The van der Waals surface area contributed by atoms with Crippen LogP contribution < -0.4 is 11.5 Å². The zero-order valence-corrected chi connectivity index (χ0v) is 10.3. The number of benzene rings is 1. The molecule has 1 aromatic carbocycles. The number of hydrogen-bond acceptors (Lipinski definition) is 5. The number of nitrogens with zero attached hydrogens (tertiary/aromatic N) is 1. The number of carbonyl (C=O) groups excluding carboxylic acids is 1. The third-order valence-electron chi connectivity index (χ3n) is 2.28. The molecular formula is C12H19N3O2. The molecule has 0 atom stereocenters. The number of esters is 1. The summed E-state index contributed by atoms with van der Waals surface area (Å²) in [6.45, 7) is 1.27. The van der Waals surface area contributed by atoms with Crippen LogP contribution in [0.5, 0.6) is 0 Å². The van der Waals surface area contributed by atoms with Gasteiger partial charge in [-0.3, -0.25) is 0 Å². The van der Waals surface area contributed by atoms with Crippen LogP contribution in [0.3, 0.4) is 0 Å². The Balaban J connectivity index is 2.47. The summed E-state index contributed by atoms with van der Waals surface area (Å²) in [7, 11) is 3.94. The van der Waals surface area contributed by atoms with Gasteiger partial charge in [-0.05, 0) is 38.7 Å². The molecule has 94 valence electrons. The van der Waals surface area contributed by atoms with Crippen LogP contribution in [-0.2, 0) is 4.74 Å². The molecule has 0 fully saturated rings. The maximum atomic E-state index is 11.7. The van der Waals surface area contributed by atoms with Crippen LogP contribution in [-0.4, -0.2) is 38.1 Å². The second-order valence-corrected chi connectivity index (χ2v) is 4.14. The lowest BCUT2D eigenvalue weighted by atomic mass is 10.1. The average molecular weight is 237 g/mol. The number of anilines is 2. The molecular weight excluding hydrogens is 218 g/mol. The van der Waals surface area contributed by atoms with E-state index in [4.69, 9.17) is 16.2 Å². The standard InChI is InChI=1S/C12H19N3O2/c1-15(2)6-3-7-17-12(16)10-5-4-9(13)8-11(10)14/h4-5,8H,3,6-7,13-14H2,1-2H3. The van der Waals surface area contributed by atoms with E-state index in [2.05, 4.69) is 0 Å². The first kappa shape index (κ1) is 13.3. The minimum Gasteiger partial charge on any atom is -0.462 e. The van der Waals surface area contributed by atoms with Gasteiger partial charge in [-0.1, -0.05) is 0 Å². The van der Waals surface area contributed by atoms with E-state index >= 15 is 0 Å². The zero-order valence-electron chi connectivity index (χ0n) is 10.3. The first-order chi connectivity index (χ1) is 8.00. The van der Waals surface area contributed by atoms with Crippen LogP contribution in [0.1, 0.15) is 16.8 Å². The van der Waals surface area contributed by atoms with E-state index in [1.54, 1.807) is 18.2 Å². The monoisotopic (exact) mass is 237 g/mol. The predicted octanol–water partition coefficient (Wildman–Crippen LogP) is 0.960. The average Bonchev–Trinajstić information content (AvgIpc) is 2.23. The molecule has 0 aliphatic carbocycles. The Bertz CT molecular complexity index is 391. The molecule has 17 heavy (non-hydrogen) atoms. The van der Waals surface area contributed by atoms with Gasteiger partial charge in [0.15, 0.2) is 0 Å². The smallest absolute Gasteiger partial charge is 0.340 e. The highest BCUT2D eigenvalue weighted by Gasteiger charge is 2.10. The Morgan fingerprint density at radius 1 is 1.35 bits per heavy atom. The van der Waals surface area contributed by atoms with E-state index in [1.165, 1.54) is 0 Å². The number of carbonyl (C=O) groups is 1. The van der Waals surface area contributed by atoms with Crippen molar-refractivity contribution in [3.05, 3.63) is 23.8 Å². The van der Waals surface area contributed by atoms with Crippen molar-refractivity contribution in [3.63, 3.8) is 0 Å². The molecule has 0 radical (unpaired) electrons. The van der Waals surface area contributed by atoms with Crippen LogP contribution in [0.15, 0.2) is 18.2 Å². The van der Waals surface area contributed by atoms with Gasteiger partial charge in [0.05, 0.1) is 12.2 Å². The highest BCUT2D eigenvalue weighted by atomic mass is 16.5. The third kappa shape index (κ3) is 4.32. The summed E-state index contributed by atoms with van der Waals surface area (Å²) in [5.41, 5.74) is 12.5. The molecule has 0 bridgehead atoms. The maximum Gasteiger partial charge on any atom is 0.340 e. The van der Waals surface area contributed by atoms with Crippen molar-refractivity contribution in [2.75, 3.05) is 38.7 Å². The van der Waals surface area contributed by atoms with Crippen molar-refractivity contribution in [2.45, 2.75) is 6.42 Å². The molecule has 0 amide bonds. The highest BCUT2D eigenvalue weighted by Crippen LogP contribution is 2.16. The summed E-state index contributed by atoms with van der Waals surface area (Å²) in [4.78, 5) is 13.7. The molecule has 0 unspecified atom stereocenters. The molecule has 5 nitrogen and oxygen atoms in total. The summed E-state index contributed by atoms with van der Waals surface area (Å²) in [5.74, 6) is -0.402. The Morgan fingerprint density at radius 2 is 2.06 bits per heavy atom. The molecule has 0 saturated carbocycles. The molecule has 0 spiro atoms. The normalized spacial score (nSPS) is 10.5. The summed E-state index contributed by atoms with van der Waals surface area (Å²) < 4.78 is 5.11. The number of hydrogen-bond donors (Lipinski definition) is 2. The van der Waals surface area contributed by atoms with E-state index in [0.717, 1.165) is 13.0 Å². The Kier molecular flexibility index (Phi) is 4.78. The molecule has 1 rings (SSSR count). The van der Waals surface area contributed by atoms with Crippen molar-refractivity contribution in [3.8, 4) is 0 Å². The minimum absolute atomic E-state index is 0.350. The highest BCUT2D eigenvalue weighted by molar-refractivity contribution is 5.95. The van der Waals surface area contributed by atoms with Crippen LogP contribution in [0.4, 0.5) is 11.4 Å². The van der Waals surface area contributed by atoms with Crippen LogP contribution in [0, 0.1) is 0 Å². The number of rotatable bonds is 5. The lowest BCUT2D eigenvalue weighted by Crippen LogP contribution is -2.16. The number of ether oxygens (including phenoxy) is 1. The topological polar surface area (TPSA) is 81.6 Å². The van der Waals surface area contributed by atoms with E-state index in [1.807, 2.05) is 19.0 Å². The molecule has 0 saturated heterocycles. The fourth-order valence-corrected chi connectivity index (χ4v) is 1.39. The van der Waals surface area contributed by atoms with E-state index < -0.39 is 5.97 Å². The van der Waals surface area contributed by atoms with Gasteiger partial charge < -0.3 is 21.1 Å². The first-order valence-electron chi connectivity index (χ1n) is 5.47. The van der Waals surface area contributed by atoms with Gasteiger partial charge in [0.25, 0.3) is 0 Å². The zero-order chi connectivity index (χ0) is 12.8. The summed E-state index contributed by atoms with van der Waals surface area (Å²) in [6.07, 6.45) is 0.799. The van der Waals surface area contributed by atoms with Gasteiger partial charge in [0.1, 0.15) is 0 Å². The largest absolute Gasteiger partial charge is 0.462 e. The quantitative estimate of drug-likeness (QED) is 0.453. The Morgan fingerprint density at radius 3 is 2.65 bits per heavy atom. The van der Waals surface area contributed by atoms with Crippen LogP contribution in [0.25, 0.3) is 0 Å². The van der Waals surface area contributed by atoms with E-state index in [-0.39, 0.29) is 0 Å². The molecule has 1 aromatic rings. The molecule has 0 aromatic heterocycles. The van der Waals surface area contributed by atoms with Crippen molar-refractivity contribution < 1.29 is 9.53 Å². The van der Waals surface area contributed by atoms with Gasteiger partial charge in [0, 0.05) is 17.9 Å². The molecule has 0 aliphatic heterocycles. The lowest BCUT2D eigenvalue weighted by Gasteiger charge is -2.10. The van der Waals surface area contributed by atoms with Gasteiger partial charge in [-0.2, -0.15) is 0 Å². The van der Waals surface area contributed by atoms with Crippen molar-refractivity contribution in [1.29, 1.82) is 0 Å². The van der Waals surface area contributed by atoms with E-state index in [0.29, 0.717) is 23.5 Å². The fourth-order valence-electron chi connectivity index (χ4n) is 1.39. The fraction of sp³-hybridized carbons (Fsp3) is 0.417. The maximum absolute atomic E-state index is 11.7. The van der Waals surface area contributed by atoms with Gasteiger partial charge >= 0.3 is 5.97 Å². The molecule has 0 heterocycles. The summed E-state index contributed by atoms with van der Waals surface area (Å²) in [5, 5.41) is 0. The minimum atomic E-state index is -0.402. The molecule has 0 aliphatic rings. The third-order valence-corrected chi connectivity index (χ3v) is 2.28. The Labute approximate surface area is 101 Å². The van der Waals surface area contributed by atoms with E-state index in [9.17, 15) is 4.79 Å². The van der Waals surface area contributed by atoms with Gasteiger partial charge in [0.2, 0.25) is 0 Å². The number of nitrogen functional groups attached to an aromatic ring is 2. The van der Waals surface area contributed by atoms with Crippen molar-refractivity contribution in [1.82, 2.24) is 4.90 Å². The lowest BCUT2D eigenvalue weighted by molar-refractivity contribution is 0.0494. The Hall–Kier alpha value is -1.75. The summed E-state index contributed by atoms with van der Waals surface area (Å²) >= 11 is 0. The molecule has 5 heteroatoms. The molecule has 4 N–H and O–H groups in total. The second kappa shape index (κ2) is 6.10. The van der Waals surface area contributed by atoms with Crippen LogP contribution >= 0.6 is 0 Å².